The van der Waals surface area contributed by atoms with Gasteiger partial charge in [-0.25, -0.2) is 0 Å². The van der Waals surface area contributed by atoms with Gasteiger partial charge in [0.25, 0.3) is 0 Å². The molecule has 90 valence electrons. The molecule has 0 radical (unpaired) electrons. The fourth-order valence-electron chi connectivity index (χ4n) is 1.39. The van der Waals surface area contributed by atoms with E-state index in [4.69, 9.17) is 0 Å². The molecule has 0 atom stereocenters. The molecule has 1 nitrogen and oxygen atoms in total. The van der Waals surface area contributed by atoms with E-state index in [1.54, 1.807) is 0 Å². The van der Waals surface area contributed by atoms with Crippen LogP contribution >= 0.6 is 0 Å². The molecule has 1 aromatic carbocycles. The molecule has 0 unspecified atom stereocenters. The van der Waals surface area contributed by atoms with Crippen LogP contribution in [0.4, 0.5) is 0 Å². The van der Waals surface area contributed by atoms with Crippen LogP contribution in [0.3, 0.4) is 0 Å². The number of allylic oxidation sites excluding steroid dienone is 1. The lowest BCUT2D eigenvalue weighted by atomic mass is 10.2. The highest BCUT2D eigenvalue weighted by Crippen LogP contribution is 2.34. The van der Waals surface area contributed by atoms with Gasteiger partial charge in [0.2, 0.25) is 0 Å². The van der Waals surface area contributed by atoms with Crippen molar-refractivity contribution in [3.8, 4) is 11.8 Å². The van der Waals surface area contributed by atoms with Crippen molar-refractivity contribution in [1.29, 1.82) is 0 Å². The molecule has 0 saturated heterocycles. The van der Waals surface area contributed by atoms with Crippen molar-refractivity contribution >= 4 is 0 Å². The van der Waals surface area contributed by atoms with Gasteiger partial charge < -0.3 is 5.32 Å². The fourth-order valence-corrected chi connectivity index (χ4v) is 1.39. The molecule has 0 aromatic heterocycles. The van der Waals surface area contributed by atoms with Crippen molar-refractivity contribution in [3.05, 3.63) is 48.2 Å². The van der Waals surface area contributed by atoms with Crippen LogP contribution in [0.15, 0.2) is 42.6 Å². The van der Waals surface area contributed by atoms with Gasteiger partial charge in [0, 0.05) is 12.2 Å². The van der Waals surface area contributed by atoms with Crippen molar-refractivity contribution in [2.45, 2.75) is 33.2 Å². The minimum Gasteiger partial charge on any atom is -0.385 e. The van der Waals surface area contributed by atoms with E-state index < -0.39 is 0 Å². The first-order valence-electron chi connectivity index (χ1n) is 6.08. The summed E-state index contributed by atoms with van der Waals surface area (Å²) in [5.41, 5.74) is 2.54. The summed E-state index contributed by atoms with van der Waals surface area (Å²) in [7, 11) is 0. The lowest BCUT2D eigenvalue weighted by molar-refractivity contribution is 0.747. The fraction of sp³-hybridized carbons (Fsp3) is 0.375. The summed E-state index contributed by atoms with van der Waals surface area (Å²) in [5, 5.41) is 3.37. The third kappa shape index (κ3) is 5.82. The van der Waals surface area contributed by atoms with Crippen LogP contribution in [-0.2, 0) is 6.54 Å². The average molecular weight is 227 g/mol. The van der Waals surface area contributed by atoms with E-state index in [1.807, 2.05) is 19.9 Å². The minimum atomic E-state index is 0.753. The van der Waals surface area contributed by atoms with Crippen molar-refractivity contribution in [2.75, 3.05) is 0 Å². The van der Waals surface area contributed by atoms with Crippen LogP contribution in [0, 0.1) is 17.8 Å². The Morgan fingerprint density at radius 3 is 2.29 bits per heavy atom. The molecule has 0 heterocycles. The maximum atomic E-state index is 4.02. The molecule has 0 spiro atoms. The molecule has 1 saturated carbocycles. The summed E-state index contributed by atoms with van der Waals surface area (Å²) in [5.74, 6) is 6.11. The highest BCUT2D eigenvalue weighted by Gasteiger charge is 2.23. The first-order chi connectivity index (χ1) is 8.27. The van der Waals surface area contributed by atoms with Gasteiger partial charge in [-0.1, -0.05) is 36.9 Å². The van der Waals surface area contributed by atoms with Gasteiger partial charge in [-0.05, 0) is 38.2 Å². The quantitative estimate of drug-likeness (QED) is 0.773. The van der Waals surface area contributed by atoms with Gasteiger partial charge in [-0.3, -0.25) is 0 Å². The summed E-state index contributed by atoms with van der Waals surface area (Å²) < 4.78 is 0. The highest BCUT2D eigenvalue weighted by atomic mass is 14.9. The van der Waals surface area contributed by atoms with Gasteiger partial charge in [0.1, 0.15) is 0 Å². The Labute approximate surface area is 105 Å². The van der Waals surface area contributed by atoms with E-state index in [0.717, 1.165) is 12.5 Å². The Morgan fingerprint density at radius 1 is 1.24 bits per heavy atom. The maximum absolute atomic E-state index is 4.02. The normalized spacial score (nSPS) is 12.6. The molecular formula is C16H21N. The largest absolute Gasteiger partial charge is 0.385 e. The van der Waals surface area contributed by atoms with E-state index in [9.17, 15) is 0 Å². The molecule has 1 fully saturated rings. The number of benzene rings is 1. The van der Waals surface area contributed by atoms with E-state index in [1.165, 1.54) is 24.1 Å². The van der Waals surface area contributed by atoms with Crippen LogP contribution < -0.4 is 5.32 Å². The lowest BCUT2D eigenvalue weighted by Gasteiger charge is -2.07. The second-order valence-electron chi connectivity index (χ2n) is 4.14. The van der Waals surface area contributed by atoms with Crippen LogP contribution in [0.1, 0.15) is 32.3 Å². The Hall–Kier alpha value is -1.68. The monoisotopic (exact) mass is 227 g/mol. The molecule has 1 heteroatoms. The van der Waals surface area contributed by atoms with E-state index in [0.29, 0.717) is 0 Å². The zero-order valence-corrected chi connectivity index (χ0v) is 10.8. The minimum absolute atomic E-state index is 0.753. The van der Waals surface area contributed by atoms with E-state index >= 15 is 0 Å². The van der Waals surface area contributed by atoms with Crippen LogP contribution in [0.25, 0.3) is 0 Å². The van der Waals surface area contributed by atoms with E-state index in [-0.39, 0.29) is 0 Å². The number of rotatable bonds is 4. The second-order valence-corrected chi connectivity index (χ2v) is 4.14. The van der Waals surface area contributed by atoms with Crippen LogP contribution in [0.2, 0.25) is 0 Å². The topological polar surface area (TPSA) is 12.0 Å². The lowest BCUT2D eigenvalue weighted by Crippen LogP contribution is -2.12. The van der Waals surface area contributed by atoms with Crippen molar-refractivity contribution < 1.29 is 0 Å². The molecule has 1 aromatic rings. The molecular weight excluding hydrogens is 206 g/mol. The molecule has 0 bridgehead atoms. The van der Waals surface area contributed by atoms with Crippen molar-refractivity contribution in [1.82, 2.24) is 5.32 Å². The Morgan fingerprint density at radius 2 is 1.82 bits per heavy atom. The second kappa shape index (κ2) is 7.57. The molecule has 0 amide bonds. The zero-order valence-electron chi connectivity index (χ0n) is 10.8. The van der Waals surface area contributed by atoms with Gasteiger partial charge in [0.15, 0.2) is 0 Å². The van der Waals surface area contributed by atoms with Gasteiger partial charge >= 0.3 is 0 Å². The molecule has 1 aliphatic rings. The number of hydrogen-bond donors (Lipinski definition) is 1. The summed E-state index contributed by atoms with van der Waals surface area (Å²) in [4.78, 5) is 0. The SMILES string of the molecule is C=C(NCc1ccccc1)C1CC1.CC#CC. The van der Waals surface area contributed by atoms with Crippen LogP contribution in [-0.4, -0.2) is 0 Å². The maximum Gasteiger partial charge on any atom is 0.0397 e. The standard InChI is InChI=1S/C12H15N.C4H6/c1-10(12-7-8-12)13-9-11-5-3-2-4-6-11;1-3-4-2/h2-6,12-13H,1,7-9H2;1-2H3. The average Bonchev–Trinajstić information content (AvgIpc) is 3.22. The van der Waals surface area contributed by atoms with Gasteiger partial charge in [-0.2, -0.15) is 0 Å². The first-order valence-corrected chi connectivity index (χ1v) is 6.08. The molecule has 1 aliphatic carbocycles. The zero-order chi connectivity index (χ0) is 12.5. The smallest absolute Gasteiger partial charge is 0.0397 e. The van der Waals surface area contributed by atoms with Crippen molar-refractivity contribution in [2.24, 2.45) is 5.92 Å². The summed E-state index contributed by atoms with van der Waals surface area (Å²) in [6, 6.07) is 10.4. The summed E-state index contributed by atoms with van der Waals surface area (Å²) >= 11 is 0. The Bertz CT molecular complexity index is 385. The third-order valence-electron chi connectivity index (χ3n) is 2.68. The molecule has 1 N–H and O–H groups in total. The Balaban J connectivity index is 0.000000317. The molecule has 2 rings (SSSR count). The van der Waals surface area contributed by atoms with Gasteiger partial charge in [-0.15, -0.1) is 11.8 Å². The van der Waals surface area contributed by atoms with Crippen molar-refractivity contribution in [3.63, 3.8) is 0 Å². The number of nitrogens with one attached hydrogen (secondary N) is 1. The highest BCUT2D eigenvalue weighted by molar-refractivity contribution is 5.16. The summed E-state index contributed by atoms with van der Waals surface area (Å²) in [6.45, 7) is 8.57. The van der Waals surface area contributed by atoms with Crippen LogP contribution in [0.5, 0.6) is 0 Å². The molecule has 0 aliphatic heterocycles. The summed E-state index contributed by atoms with van der Waals surface area (Å²) in [6.07, 6.45) is 2.64. The first kappa shape index (κ1) is 13.4. The predicted octanol–water partition coefficient (Wildman–Crippen LogP) is 3.73. The Kier molecular flexibility index (Phi) is 5.96. The number of hydrogen-bond acceptors (Lipinski definition) is 1. The molecule has 17 heavy (non-hydrogen) atoms. The predicted molar refractivity (Wildman–Crippen MR) is 74.3 cm³/mol. The van der Waals surface area contributed by atoms with E-state index in [2.05, 4.69) is 48.0 Å². The third-order valence-corrected chi connectivity index (χ3v) is 2.68. The van der Waals surface area contributed by atoms with Gasteiger partial charge in [0.05, 0.1) is 0 Å².